The second-order valence-corrected chi connectivity index (χ2v) is 6.09. The van der Waals surface area contributed by atoms with E-state index in [0.29, 0.717) is 19.4 Å². The number of hydrogen-bond donors (Lipinski definition) is 1. The van der Waals surface area contributed by atoms with E-state index < -0.39 is 17.4 Å². The molecule has 1 N–H and O–H groups in total. The first-order valence-electron chi connectivity index (χ1n) is 7.51. The van der Waals surface area contributed by atoms with Gasteiger partial charge < -0.3 is 10.0 Å². The minimum Gasteiger partial charge on any atom is -0.481 e. The summed E-state index contributed by atoms with van der Waals surface area (Å²) in [4.78, 5) is 35.8. The van der Waals surface area contributed by atoms with Gasteiger partial charge in [0.25, 0.3) is 0 Å². The van der Waals surface area contributed by atoms with Crippen LogP contribution in [0.15, 0.2) is 18.5 Å². The highest BCUT2D eigenvalue weighted by Crippen LogP contribution is 2.42. The summed E-state index contributed by atoms with van der Waals surface area (Å²) in [6.45, 7) is 2.16. The Balaban J connectivity index is 1.69. The third kappa shape index (κ3) is 2.45. The average Bonchev–Trinajstić information content (AvgIpc) is 2.76. The Labute approximate surface area is 129 Å². The molecule has 1 spiro atoms. The predicted octanol–water partition coefficient (Wildman–Crippen LogP) is 0.374. The van der Waals surface area contributed by atoms with Crippen molar-refractivity contribution in [2.45, 2.75) is 31.3 Å². The predicted molar refractivity (Wildman–Crippen MR) is 77.8 cm³/mol. The number of piperidine rings is 1. The van der Waals surface area contributed by atoms with Crippen LogP contribution in [0.4, 0.5) is 0 Å². The van der Waals surface area contributed by atoms with Gasteiger partial charge in [-0.05, 0) is 18.9 Å². The summed E-state index contributed by atoms with van der Waals surface area (Å²) in [7, 11) is 1.74. The fraction of sp³-hybridized carbons (Fsp3) is 0.600. The Hall–Kier alpha value is -2.02. The Bertz CT molecular complexity index is 569. The fourth-order valence-corrected chi connectivity index (χ4v) is 3.69. The average molecular weight is 304 g/mol. The monoisotopic (exact) mass is 304 g/mol. The van der Waals surface area contributed by atoms with Gasteiger partial charge in [-0.2, -0.15) is 0 Å². The Morgan fingerprint density at radius 1 is 1.36 bits per heavy atom. The number of nitrogens with zero attached hydrogens (tertiary/aromatic N) is 4. The van der Waals surface area contributed by atoms with Crippen molar-refractivity contribution in [1.29, 1.82) is 0 Å². The molecule has 1 atom stereocenters. The number of rotatable bonds is 3. The van der Waals surface area contributed by atoms with Crippen LogP contribution in [0.3, 0.4) is 0 Å². The van der Waals surface area contributed by atoms with Crippen molar-refractivity contribution < 1.29 is 14.7 Å². The Kier molecular flexibility index (Phi) is 3.82. The lowest BCUT2D eigenvalue weighted by atomic mass is 9.77. The van der Waals surface area contributed by atoms with Crippen molar-refractivity contribution in [2.75, 3.05) is 20.1 Å². The molecular formula is C15H20N4O3. The molecule has 1 aromatic heterocycles. The van der Waals surface area contributed by atoms with E-state index in [2.05, 4.69) is 14.9 Å². The van der Waals surface area contributed by atoms with Gasteiger partial charge in [-0.15, -0.1) is 0 Å². The van der Waals surface area contributed by atoms with Crippen LogP contribution in [-0.2, 0) is 16.1 Å². The lowest BCUT2D eigenvalue weighted by Crippen LogP contribution is -2.56. The van der Waals surface area contributed by atoms with Crippen molar-refractivity contribution in [3.63, 3.8) is 0 Å². The second-order valence-electron chi connectivity index (χ2n) is 6.09. The van der Waals surface area contributed by atoms with Crippen molar-refractivity contribution in [2.24, 2.45) is 5.92 Å². The normalized spacial score (nSPS) is 24.9. The van der Waals surface area contributed by atoms with Crippen molar-refractivity contribution in [1.82, 2.24) is 19.8 Å². The molecule has 7 nitrogen and oxygen atoms in total. The number of carboxylic acid groups (broad SMARTS) is 1. The smallest absolute Gasteiger partial charge is 0.309 e. The first kappa shape index (κ1) is 14.9. The second kappa shape index (κ2) is 5.64. The van der Waals surface area contributed by atoms with Crippen LogP contribution in [0.25, 0.3) is 0 Å². The number of carbonyl (C=O) groups is 2. The topological polar surface area (TPSA) is 86.6 Å². The molecule has 0 aromatic carbocycles. The van der Waals surface area contributed by atoms with Crippen LogP contribution < -0.4 is 0 Å². The van der Waals surface area contributed by atoms with E-state index in [0.717, 1.165) is 18.9 Å². The third-order valence-corrected chi connectivity index (χ3v) is 5.07. The van der Waals surface area contributed by atoms with Gasteiger partial charge in [-0.1, -0.05) is 0 Å². The highest BCUT2D eigenvalue weighted by molar-refractivity contribution is 5.88. The highest BCUT2D eigenvalue weighted by Gasteiger charge is 2.55. The summed E-state index contributed by atoms with van der Waals surface area (Å²) < 4.78 is 0. The zero-order valence-electron chi connectivity index (χ0n) is 12.6. The van der Waals surface area contributed by atoms with Crippen LogP contribution in [-0.4, -0.2) is 62.4 Å². The quantitative estimate of drug-likeness (QED) is 0.868. The van der Waals surface area contributed by atoms with Gasteiger partial charge in [0.1, 0.15) is 5.82 Å². The Morgan fingerprint density at radius 2 is 2.00 bits per heavy atom. The molecular weight excluding hydrogens is 284 g/mol. The van der Waals surface area contributed by atoms with E-state index >= 15 is 0 Å². The van der Waals surface area contributed by atoms with Crippen LogP contribution in [0, 0.1) is 5.92 Å². The maximum absolute atomic E-state index is 12.0. The lowest BCUT2D eigenvalue weighted by molar-refractivity contribution is -0.146. The first-order valence-corrected chi connectivity index (χ1v) is 7.51. The van der Waals surface area contributed by atoms with Gasteiger partial charge in [0.15, 0.2) is 0 Å². The molecule has 2 aliphatic rings. The van der Waals surface area contributed by atoms with Crippen LogP contribution in [0.2, 0.25) is 0 Å². The van der Waals surface area contributed by atoms with E-state index in [1.165, 1.54) is 0 Å². The molecule has 1 amide bonds. The summed E-state index contributed by atoms with van der Waals surface area (Å²) in [6, 6.07) is 1.78. The number of aromatic nitrogens is 2. The van der Waals surface area contributed by atoms with Gasteiger partial charge in [0.2, 0.25) is 5.91 Å². The number of amides is 1. The summed E-state index contributed by atoms with van der Waals surface area (Å²) in [5.41, 5.74) is -0.531. The standard InChI is InChI=1S/C15H20N4O3/c1-18-13(20)9-11(14(21)22)15(18)3-7-19(8-4-15)10-12-16-5-2-6-17-12/h2,5-6,11H,3-4,7-10H2,1H3,(H,21,22)/t11-/m1/s1. The summed E-state index contributed by atoms with van der Waals surface area (Å²) in [5, 5.41) is 9.45. The lowest BCUT2D eigenvalue weighted by Gasteiger charge is -2.45. The molecule has 0 aliphatic carbocycles. The molecule has 0 unspecified atom stereocenters. The summed E-state index contributed by atoms with van der Waals surface area (Å²) in [6.07, 6.45) is 4.92. The summed E-state index contributed by atoms with van der Waals surface area (Å²) >= 11 is 0. The molecule has 1 aromatic rings. The van der Waals surface area contributed by atoms with Gasteiger partial charge >= 0.3 is 5.97 Å². The van der Waals surface area contributed by atoms with Crippen molar-refractivity contribution >= 4 is 11.9 Å². The van der Waals surface area contributed by atoms with E-state index in [1.54, 1.807) is 30.4 Å². The molecule has 7 heteroatoms. The SMILES string of the molecule is CN1C(=O)C[C@H](C(=O)O)C12CCN(Cc1ncccn1)CC2. The number of hydrogen-bond acceptors (Lipinski definition) is 5. The molecule has 3 rings (SSSR count). The van der Waals surface area contributed by atoms with Gasteiger partial charge in [-0.25, -0.2) is 9.97 Å². The fourth-order valence-electron chi connectivity index (χ4n) is 3.69. The zero-order valence-corrected chi connectivity index (χ0v) is 12.6. The molecule has 22 heavy (non-hydrogen) atoms. The van der Waals surface area contributed by atoms with Gasteiger partial charge in [-0.3, -0.25) is 14.5 Å². The maximum atomic E-state index is 12.0. The first-order chi connectivity index (χ1) is 10.5. The van der Waals surface area contributed by atoms with Gasteiger partial charge in [0, 0.05) is 39.0 Å². The minimum absolute atomic E-state index is 0.0627. The van der Waals surface area contributed by atoms with Crippen LogP contribution in [0.1, 0.15) is 25.1 Å². The molecule has 0 saturated carbocycles. The van der Waals surface area contributed by atoms with Crippen molar-refractivity contribution in [3.8, 4) is 0 Å². The van der Waals surface area contributed by atoms with Gasteiger partial charge in [0.05, 0.1) is 18.0 Å². The number of carbonyl (C=O) groups excluding carboxylic acids is 1. The molecule has 2 saturated heterocycles. The Morgan fingerprint density at radius 3 is 2.59 bits per heavy atom. The zero-order chi connectivity index (χ0) is 15.7. The largest absolute Gasteiger partial charge is 0.481 e. The third-order valence-electron chi connectivity index (χ3n) is 5.07. The van der Waals surface area contributed by atoms with Crippen molar-refractivity contribution in [3.05, 3.63) is 24.3 Å². The number of likely N-dealkylation sites (tertiary alicyclic amines) is 2. The van der Waals surface area contributed by atoms with Crippen LogP contribution in [0.5, 0.6) is 0 Å². The molecule has 0 bridgehead atoms. The molecule has 0 radical (unpaired) electrons. The molecule has 2 aliphatic heterocycles. The van der Waals surface area contributed by atoms with E-state index in [9.17, 15) is 14.7 Å². The van der Waals surface area contributed by atoms with E-state index in [1.807, 2.05) is 0 Å². The highest BCUT2D eigenvalue weighted by atomic mass is 16.4. The van der Waals surface area contributed by atoms with E-state index in [-0.39, 0.29) is 12.3 Å². The molecule has 3 heterocycles. The molecule has 118 valence electrons. The van der Waals surface area contributed by atoms with E-state index in [4.69, 9.17) is 0 Å². The molecule has 2 fully saturated rings. The summed E-state index contributed by atoms with van der Waals surface area (Å²) in [5.74, 6) is -0.756. The maximum Gasteiger partial charge on any atom is 0.309 e. The minimum atomic E-state index is -0.863. The number of carboxylic acids is 1. The van der Waals surface area contributed by atoms with Crippen LogP contribution >= 0.6 is 0 Å². The number of aliphatic carboxylic acids is 1.